The largest absolute Gasteiger partial charge is 0.508 e. The monoisotopic (exact) mass is 718 g/mol. The van der Waals surface area contributed by atoms with Gasteiger partial charge in [0.2, 0.25) is 17.6 Å². The molecule has 254 valence electrons. The maximum Gasteiger partial charge on any atom is 0.258 e. The maximum absolute atomic E-state index is 15.2. The molecule has 1 saturated carbocycles. The zero-order valence-electron chi connectivity index (χ0n) is 25.7. The number of phenols is 1. The van der Waals surface area contributed by atoms with Crippen molar-refractivity contribution in [3.63, 3.8) is 0 Å². The lowest BCUT2D eigenvalue weighted by Crippen LogP contribution is -2.60. The van der Waals surface area contributed by atoms with Crippen molar-refractivity contribution < 1.29 is 46.2 Å². The summed E-state index contributed by atoms with van der Waals surface area (Å²) in [5.41, 5.74) is 0.272. The van der Waals surface area contributed by atoms with E-state index in [2.05, 4.69) is 0 Å². The Morgan fingerprint density at radius 3 is 2.02 bits per heavy atom. The number of fused-ring (bicyclic) bond motifs is 4. The summed E-state index contributed by atoms with van der Waals surface area (Å²) in [6.45, 7) is 3.47. The van der Waals surface area contributed by atoms with E-state index in [0.29, 0.717) is 23.2 Å². The fourth-order valence-electron chi connectivity index (χ4n) is 7.93. The molecule has 4 aliphatic rings. The van der Waals surface area contributed by atoms with Crippen LogP contribution < -0.4 is 9.80 Å². The van der Waals surface area contributed by atoms with Gasteiger partial charge >= 0.3 is 0 Å². The van der Waals surface area contributed by atoms with Crippen LogP contribution in [0.25, 0.3) is 0 Å². The number of rotatable bonds is 4. The van der Waals surface area contributed by atoms with E-state index in [1.807, 2.05) is 6.92 Å². The Morgan fingerprint density at radius 1 is 0.816 bits per heavy atom. The smallest absolute Gasteiger partial charge is 0.258 e. The number of aryl methyl sites for hydroxylation is 2. The highest BCUT2D eigenvalue weighted by Gasteiger charge is 2.77. The quantitative estimate of drug-likeness (QED) is 0.0807. The Balaban J connectivity index is 1.42. The fourth-order valence-corrected chi connectivity index (χ4v) is 8.87. The topological polar surface area (TPSA) is 95.0 Å². The zero-order chi connectivity index (χ0) is 35.5. The highest BCUT2D eigenvalue weighted by atomic mass is 35.5. The predicted octanol–water partition coefficient (Wildman–Crippen LogP) is 6.73. The van der Waals surface area contributed by atoms with E-state index in [9.17, 15) is 37.5 Å². The van der Waals surface area contributed by atoms with Gasteiger partial charge < -0.3 is 5.11 Å². The van der Waals surface area contributed by atoms with Crippen LogP contribution in [0.1, 0.15) is 42.4 Å². The lowest BCUT2D eigenvalue weighted by molar-refractivity contribution is -0.125. The Hall–Kier alpha value is -4.29. The van der Waals surface area contributed by atoms with Crippen LogP contribution in [0.2, 0.25) is 0 Å². The third kappa shape index (κ3) is 4.25. The van der Waals surface area contributed by atoms with Gasteiger partial charge in [0.1, 0.15) is 11.4 Å². The molecule has 0 radical (unpaired) electrons. The lowest BCUT2D eigenvalue weighted by Gasteiger charge is -2.50. The number of halogens is 7. The summed E-state index contributed by atoms with van der Waals surface area (Å²) in [7, 11) is 0. The fraction of sp³-hybridized carbons (Fsp3) is 0.314. The summed E-state index contributed by atoms with van der Waals surface area (Å²) < 4.78 is 73.2. The van der Waals surface area contributed by atoms with Gasteiger partial charge in [0.25, 0.3) is 11.8 Å². The highest BCUT2D eigenvalue weighted by molar-refractivity contribution is 6.58. The normalized spacial score (nSPS) is 29.3. The Morgan fingerprint density at radius 2 is 1.43 bits per heavy atom. The van der Waals surface area contributed by atoms with Gasteiger partial charge in [-0.1, -0.05) is 42.8 Å². The molecule has 49 heavy (non-hydrogen) atoms. The van der Waals surface area contributed by atoms with Gasteiger partial charge in [-0.25, -0.2) is 26.9 Å². The van der Waals surface area contributed by atoms with E-state index in [4.69, 9.17) is 23.2 Å². The molecule has 2 heterocycles. The lowest BCUT2D eigenvalue weighted by atomic mass is 9.56. The summed E-state index contributed by atoms with van der Waals surface area (Å²) in [6.07, 6.45) is 1.75. The van der Waals surface area contributed by atoms with E-state index in [1.165, 1.54) is 25.1 Å². The van der Waals surface area contributed by atoms with Crippen molar-refractivity contribution in [1.29, 1.82) is 0 Å². The van der Waals surface area contributed by atoms with Gasteiger partial charge in [0.05, 0.1) is 17.5 Å². The summed E-state index contributed by atoms with van der Waals surface area (Å²) in [5.74, 6) is -21.1. The number of nitrogens with zero attached hydrogens (tertiary/aromatic N) is 2. The molecule has 0 aromatic heterocycles. The third-order valence-electron chi connectivity index (χ3n) is 10.4. The molecule has 6 atom stereocenters. The molecule has 0 unspecified atom stereocenters. The van der Waals surface area contributed by atoms with Gasteiger partial charge in [-0.05, 0) is 67.0 Å². The van der Waals surface area contributed by atoms with E-state index >= 15 is 8.78 Å². The van der Waals surface area contributed by atoms with Crippen molar-refractivity contribution in [2.75, 3.05) is 9.80 Å². The molecule has 3 aromatic rings. The second kappa shape index (κ2) is 11.1. The van der Waals surface area contributed by atoms with Gasteiger partial charge in [0, 0.05) is 5.92 Å². The van der Waals surface area contributed by atoms with Crippen LogP contribution in [0.5, 0.6) is 5.75 Å². The van der Waals surface area contributed by atoms with Gasteiger partial charge in [-0.3, -0.25) is 24.1 Å². The van der Waals surface area contributed by atoms with Crippen LogP contribution in [0, 0.1) is 53.8 Å². The molecule has 2 saturated heterocycles. The summed E-state index contributed by atoms with van der Waals surface area (Å²) in [5, 5.41) is 10.3. The molecule has 2 aliphatic carbocycles. The van der Waals surface area contributed by atoms with Crippen molar-refractivity contribution in [1.82, 2.24) is 0 Å². The predicted molar refractivity (Wildman–Crippen MR) is 168 cm³/mol. The highest BCUT2D eigenvalue weighted by Crippen LogP contribution is 2.66. The number of anilines is 2. The molecule has 7 nitrogen and oxygen atoms in total. The standard InChI is InChI=1S/C35H25Cl2F5N2O5/c1-3-15-4-7-17(8-5-15)43-30(46)19-10-9-18-20(22(19)31(43)47)13-34(36)32(48)44(29-27(41)25(39)24(38)26(40)28(29)42)33(49)35(34,37)23(18)16-6-11-21(45)14(2)12-16/h4-9,11-12,19-20,22-23,45H,3,10,13H2,1-2H3/t19-,20+,22-,23-,34+,35-/m0/s1. The summed E-state index contributed by atoms with van der Waals surface area (Å²) in [4.78, 5) is 52.1. The zero-order valence-corrected chi connectivity index (χ0v) is 27.2. The number of hydrogen-bond donors (Lipinski definition) is 1. The van der Waals surface area contributed by atoms with Gasteiger partial charge in [0.15, 0.2) is 33.0 Å². The number of carbonyl (C=O) groups excluding carboxylic acids is 4. The first kappa shape index (κ1) is 33.2. The van der Waals surface area contributed by atoms with Gasteiger partial charge in [-0.2, -0.15) is 0 Å². The van der Waals surface area contributed by atoms with E-state index in [-0.39, 0.29) is 22.6 Å². The molecule has 1 N–H and O–H groups in total. The van der Waals surface area contributed by atoms with Crippen LogP contribution in [0.15, 0.2) is 54.1 Å². The van der Waals surface area contributed by atoms with E-state index in [1.54, 1.807) is 30.3 Å². The summed E-state index contributed by atoms with van der Waals surface area (Å²) >= 11 is 14.3. The van der Waals surface area contributed by atoms with Crippen LogP contribution in [-0.2, 0) is 25.6 Å². The molecule has 7 rings (SSSR count). The Bertz CT molecular complexity index is 2030. The number of benzene rings is 3. The molecule has 4 amide bonds. The Kier molecular flexibility index (Phi) is 7.53. The summed E-state index contributed by atoms with van der Waals surface area (Å²) in [6, 6.07) is 10.9. The molecule has 2 aliphatic heterocycles. The third-order valence-corrected chi connectivity index (χ3v) is 11.8. The SMILES string of the molecule is CCc1ccc(N2C(=O)[C@H]3[C@H](CC=C4[C@H]3C[C@@]3(Cl)C(=O)N(c5c(F)c(F)c(F)c(F)c5F)C(=O)[C@@]3(Cl)[C@H]4c3ccc(O)c(C)c3)C2=O)cc1. The second-order valence-corrected chi connectivity index (χ2v) is 14.0. The number of phenolic OH excluding ortho intramolecular Hbond substituents is 1. The second-order valence-electron chi connectivity index (χ2n) is 12.8. The number of alkyl halides is 2. The van der Waals surface area contributed by atoms with Crippen molar-refractivity contribution in [3.05, 3.63) is 99.9 Å². The van der Waals surface area contributed by atoms with Crippen LogP contribution in [0.4, 0.5) is 33.3 Å². The van der Waals surface area contributed by atoms with Crippen LogP contribution in [0.3, 0.4) is 0 Å². The minimum absolute atomic E-state index is 0.0178. The van der Waals surface area contributed by atoms with Crippen molar-refractivity contribution >= 4 is 58.2 Å². The minimum atomic E-state index is -2.63. The molecular weight excluding hydrogens is 694 g/mol. The number of amides is 4. The van der Waals surface area contributed by atoms with Crippen molar-refractivity contribution in [2.24, 2.45) is 17.8 Å². The molecule has 0 spiro atoms. The molecule has 0 bridgehead atoms. The number of imide groups is 2. The van der Waals surface area contributed by atoms with Crippen LogP contribution in [-0.4, -0.2) is 38.5 Å². The maximum atomic E-state index is 15.2. The molecule has 3 aromatic carbocycles. The van der Waals surface area contributed by atoms with Gasteiger partial charge in [-0.15, -0.1) is 23.2 Å². The number of allylic oxidation sites excluding steroid dienone is 2. The minimum Gasteiger partial charge on any atom is -0.508 e. The number of hydrogen-bond acceptors (Lipinski definition) is 5. The molecule has 3 fully saturated rings. The van der Waals surface area contributed by atoms with Crippen molar-refractivity contribution in [2.45, 2.75) is 48.8 Å². The first-order valence-corrected chi connectivity index (χ1v) is 16.1. The van der Waals surface area contributed by atoms with E-state index < -0.39 is 98.2 Å². The van der Waals surface area contributed by atoms with E-state index in [0.717, 1.165) is 10.5 Å². The van der Waals surface area contributed by atoms with Crippen molar-refractivity contribution in [3.8, 4) is 5.75 Å². The number of aromatic hydroxyl groups is 1. The molecular formula is C35H25Cl2F5N2O5. The Labute approximate surface area is 285 Å². The average molecular weight is 719 g/mol. The first-order chi connectivity index (χ1) is 23.1. The first-order valence-electron chi connectivity index (χ1n) is 15.3. The average Bonchev–Trinajstić information content (AvgIpc) is 3.42. The number of carbonyl (C=O) groups is 4. The van der Waals surface area contributed by atoms with Crippen LogP contribution >= 0.6 is 23.2 Å². The molecule has 14 heteroatoms.